The molecular formula is C21H24FN3O2. The van der Waals surface area contributed by atoms with Gasteiger partial charge in [0.05, 0.1) is 0 Å². The number of hydrogen-bond acceptors (Lipinski definition) is 2. The maximum absolute atomic E-state index is 13.3. The number of piperidine rings is 1. The van der Waals surface area contributed by atoms with Crippen molar-refractivity contribution < 1.29 is 14.0 Å². The lowest BCUT2D eigenvalue weighted by Gasteiger charge is -2.26. The molecule has 0 spiro atoms. The number of likely N-dealkylation sites (tertiary alicyclic amines) is 1. The van der Waals surface area contributed by atoms with Gasteiger partial charge in [0.25, 0.3) is 5.91 Å². The molecular weight excluding hydrogens is 345 g/mol. The number of anilines is 1. The predicted octanol–water partition coefficient (Wildman–Crippen LogP) is 4.08. The lowest BCUT2D eigenvalue weighted by Crippen LogP contribution is -2.35. The van der Waals surface area contributed by atoms with Gasteiger partial charge < -0.3 is 15.5 Å². The summed E-state index contributed by atoms with van der Waals surface area (Å²) >= 11 is 0. The zero-order chi connectivity index (χ0) is 19.2. The molecule has 27 heavy (non-hydrogen) atoms. The largest absolute Gasteiger partial charge is 0.339 e. The highest BCUT2D eigenvalue weighted by atomic mass is 19.1. The number of hydrogen-bond donors (Lipinski definition) is 2. The fourth-order valence-electron chi connectivity index (χ4n) is 3.18. The highest BCUT2D eigenvalue weighted by Crippen LogP contribution is 2.16. The van der Waals surface area contributed by atoms with Crippen LogP contribution in [0.3, 0.4) is 0 Å². The minimum atomic E-state index is -0.375. The summed E-state index contributed by atoms with van der Waals surface area (Å²) in [5.74, 6) is -0.265. The zero-order valence-electron chi connectivity index (χ0n) is 15.4. The summed E-state index contributed by atoms with van der Waals surface area (Å²) in [6.07, 6.45) is 3.24. The van der Waals surface area contributed by atoms with Gasteiger partial charge in [-0.15, -0.1) is 0 Å². The van der Waals surface area contributed by atoms with Crippen molar-refractivity contribution in [2.45, 2.75) is 32.7 Å². The molecule has 1 aliphatic heterocycles. The molecule has 0 unspecified atom stereocenters. The molecule has 0 radical (unpaired) electrons. The van der Waals surface area contributed by atoms with E-state index in [1.807, 2.05) is 4.90 Å². The first-order valence-corrected chi connectivity index (χ1v) is 9.22. The summed E-state index contributed by atoms with van der Waals surface area (Å²) in [5.41, 5.74) is 2.49. The number of carbonyl (C=O) groups is 2. The Hall–Kier alpha value is -2.89. The second-order valence-electron chi connectivity index (χ2n) is 6.82. The number of halogens is 1. The molecule has 0 aromatic heterocycles. The average molecular weight is 369 g/mol. The third-order valence-corrected chi connectivity index (χ3v) is 4.69. The zero-order valence-corrected chi connectivity index (χ0v) is 15.4. The average Bonchev–Trinajstić information content (AvgIpc) is 2.69. The summed E-state index contributed by atoms with van der Waals surface area (Å²) in [4.78, 5) is 26.6. The van der Waals surface area contributed by atoms with Crippen LogP contribution < -0.4 is 10.6 Å². The van der Waals surface area contributed by atoms with E-state index in [0.29, 0.717) is 23.4 Å². The molecule has 2 aromatic rings. The van der Waals surface area contributed by atoms with Crippen LogP contribution in [0.4, 0.5) is 14.9 Å². The van der Waals surface area contributed by atoms with E-state index < -0.39 is 0 Å². The first-order chi connectivity index (χ1) is 13.0. The Morgan fingerprint density at radius 3 is 2.59 bits per heavy atom. The maximum Gasteiger partial charge on any atom is 0.319 e. The second-order valence-corrected chi connectivity index (χ2v) is 6.82. The summed E-state index contributed by atoms with van der Waals surface area (Å²) in [6, 6.07) is 11.3. The minimum Gasteiger partial charge on any atom is -0.339 e. The van der Waals surface area contributed by atoms with Gasteiger partial charge in [0.2, 0.25) is 0 Å². The molecule has 3 amide bonds. The molecule has 2 N–H and O–H groups in total. The molecule has 6 heteroatoms. The van der Waals surface area contributed by atoms with Crippen LogP contribution in [-0.4, -0.2) is 29.9 Å². The number of urea groups is 1. The van der Waals surface area contributed by atoms with Crippen molar-refractivity contribution in [2.24, 2.45) is 0 Å². The van der Waals surface area contributed by atoms with Crippen LogP contribution in [0, 0.1) is 12.7 Å². The van der Waals surface area contributed by atoms with Gasteiger partial charge in [0.15, 0.2) is 0 Å². The van der Waals surface area contributed by atoms with Crippen molar-refractivity contribution in [1.29, 1.82) is 0 Å². The second kappa shape index (κ2) is 8.66. The molecule has 3 rings (SSSR count). The van der Waals surface area contributed by atoms with Crippen molar-refractivity contribution in [3.05, 3.63) is 65.0 Å². The summed E-state index contributed by atoms with van der Waals surface area (Å²) in [6.45, 7) is 3.55. The SMILES string of the molecule is Cc1cc(CNC(=O)Nc2cccc(C(=O)N3CCCCC3)c2)ccc1F. The highest BCUT2D eigenvalue weighted by molar-refractivity contribution is 5.97. The normalized spacial score (nSPS) is 13.9. The van der Waals surface area contributed by atoms with Crippen LogP contribution in [0.5, 0.6) is 0 Å². The molecule has 1 aliphatic rings. The maximum atomic E-state index is 13.3. The highest BCUT2D eigenvalue weighted by Gasteiger charge is 2.18. The Balaban J connectivity index is 1.57. The summed E-state index contributed by atoms with van der Waals surface area (Å²) in [7, 11) is 0. The molecule has 0 bridgehead atoms. The van der Waals surface area contributed by atoms with Crippen molar-refractivity contribution in [3.63, 3.8) is 0 Å². The lowest BCUT2D eigenvalue weighted by molar-refractivity contribution is 0.0724. The van der Waals surface area contributed by atoms with Crippen LogP contribution in [0.1, 0.15) is 40.7 Å². The Labute approximate surface area is 158 Å². The van der Waals surface area contributed by atoms with Gasteiger partial charge in [-0.05, 0) is 61.6 Å². The standard InChI is InChI=1S/C21H24FN3O2/c1-15-12-16(8-9-19(15)22)14-23-21(27)24-18-7-5-6-17(13-18)20(26)25-10-3-2-4-11-25/h5-9,12-13H,2-4,10-11,14H2,1H3,(H2,23,24,27). The third kappa shape index (κ3) is 5.06. The van der Waals surface area contributed by atoms with E-state index in [2.05, 4.69) is 10.6 Å². The van der Waals surface area contributed by atoms with Crippen molar-refractivity contribution >= 4 is 17.6 Å². The van der Waals surface area contributed by atoms with E-state index in [-0.39, 0.29) is 17.8 Å². The molecule has 1 heterocycles. The number of nitrogens with zero attached hydrogens (tertiary/aromatic N) is 1. The number of aryl methyl sites for hydroxylation is 1. The fraction of sp³-hybridized carbons (Fsp3) is 0.333. The Morgan fingerprint density at radius 1 is 1.07 bits per heavy atom. The monoisotopic (exact) mass is 369 g/mol. The molecule has 0 aliphatic carbocycles. The Kier molecular flexibility index (Phi) is 6.06. The Morgan fingerprint density at radius 2 is 1.85 bits per heavy atom. The van der Waals surface area contributed by atoms with E-state index >= 15 is 0 Å². The molecule has 0 saturated carbocycles. The molecule has 5 nitrogen and oxygen atoms in total. The van der Waals surface area contributed by atoms with Crippen molar-refractivity contribution in [3.8, 4) is 0 Å². The van der Waals surface area contributed by atoms with E-state index in [0.717, 1.165) is 31.5 Å². The number of carbonyl (C=O) groups excluding carboxylic acids is 2. The van der Waals surface area contributed by atoms with Gasteiger partial charge in [-0.1, -0.05) is 18.2 Å². The smallest absolute Gasteiger partial charge is 0.319 e. The van der Waals surface area contributed by atoms with Gasteiger partial charge in [-0.3, -0.25) is 4.79 Å². The first-order valence-electron chi connectivity index (χ1n) is 9.22. The molecule has 0 atom stereocenters. The molecule has 142 valence electrons. The van der Waals surface area contributed by atoms with E-state index in [1.54, 1.807) is 43.3 Å². The van der Waals surface area contributed by atoms with Gasteiger partial charge in [-0.25, -0.2) is 9.18 Å². The summed E-state index contributed by atoms with van der Waals surface area (Å²) < 4.78 is 13.3. The van der Waals surface area contributed by atoms with Crippen LogP contribution in [0.2, 0.25) is 0 Å². The van der Waals surface area contributed by atoms with Crippen molar-refractivity contribution in [1.82, 2.24) is 10.2 Å². The lowest BCUT2D eigenvalue weighted by atomic mass is 10.1. The van der Waals surface area contributed by atoms with Crippen LogP contribution >= 0.6 is 0 Å². The minimum absolute atomic E-state index is 0.000505. The summed E-state index contributed by atoms with van der Waals surface area (Å²) in [5, 5.41) is 5.48. The predicted molar refractivity (Wildman–Crippen MR) is 103 cm³/mol. The molecule has 1 saturated heterocycles. The molecule has 2 aromatic carbocycles. The first kappa shape index (κ1) is 18.9. The van der Waals surface area contributed by atoms with Crippen LogP contribution in [-0.2, 0) is 6.54 Å². The number of nitrogens with one attached hydrogen (secondary N) is 2. The van der Waals surface area contributed by atoms with Gasteiger partial charge in [0.1, 0.15) is 5.82 Å². The fourth-order valence-corrected chi connectivity index (χ4v) is 3.18. The molecule has 1 fully saturated rings. The van der Waals surface area contributed by atoms with Gasteiger partial charge in [0, 0.05) is 30.9 Å². The number of rotatable bonds is 4. The van der Waals surface area contributed by atoms with E-state index in [4.69, 9.17) is 0 Å². The van der Waals surface area contributed by atoms with Crippen molar-refractivity contribution in [2.75, 3.05) is 18.4 Å². The Bertz CT molecular complexity index is 832. The van der Waals surface area contributed by atoms with Gasteiger partial charge in [-0.2, -0.15) is 0 Å². The van der Waals surface area contributed by atoms with Gasteiger partial charge >= 0.3 is 6.03 Å². The number of benzene rings is 2. The van der Waals surface area contributed by atoms with Crippen LogP contribution in [0.25, 0.3) is 0 Å². The van der Waals surface area contributed by atoms with E-state index in [1.165, 1.54) is 12.5 Å². The topological polar surface area (TPSA) is 61.4 Å². The number of amides is 3. The third-order valence-electron chi connectivity index (χ3n) is 4.69. The quantitative estimate of drug-likeness (QED) is 0.853. The van der Waals surface area contributed by atoms with E-state index in [9.17, 15) is 14.0 Å². The van der Waals surface area contributed by atoms with Crippen LogP contribution in [0.15, 0.2) is 42.5 Å².